The highest BCUT2D eigenvalue weighted by Crippen LogP contribution is 2.35. The van der Waals surface area contributed by atoms with E-state index in [1.807, 2.05) is 55.5 Å². The highest BCUT2D eigenvalue weighted by Gasteiger charge is 2.33. The van der Waals surface area contributed by atoms with Gasteiger partial charge in [-0.15, -0.1) is 0 Å². The number of carbonyl (C=O) groups is 1. The minimum atomic E-state index is -0.713. The first kappa shape index (κ1) is 31.7. The van der Waals surface area contributed by atoms with Gasteiger partial charge in [-0.05, 0) is 79.9 Å². The van der Waals surface area contributed by atoms with Gasteiger partial charge >= 0.3 is 5.97 Å². The smallest absolute Gasteiger partial charge is 0.338 e. The standard InChI is InChI=1S/C33H30Br2N2O6S/c1-5-41-26-15-22(25(35)17-27(26)43-18-20-7-11-23(34)12-8-20)16-28-31(38)37-30(21-9-13-24(40-4)14-10-21)29(32(39)42-6-2)19(3)36-33(37)44-28/h7-17,30H,5-6,18H2,1-4H3/b28-16-/t30-/m0/s1. The van der Waals surface area contributed by atoms with Crippen LogP contribution in [0.5, 0.6) is 17.2 Å². The van der Waals surface area contributed by atoms with Gasteiger partial charge in [-0.2, -0.15) is 0 Å². The Labute approximate surface area is 275 Å². The number of benzene rings is 3. The quantitative estimate of drug-likeness (QED) is 0.177. The molecule has 44 heavy (non-hydrogen) atoms. The average Bonchev–Trinajstić information content (AvgIpc) is 3.32. The molecule has 11 heteroatoms. The Hall–Kier alpha value is -3.67. The van der Waals surface area contributed by atoms with Gasteiger partial charge in [-0.1, -0.05) is 67.5 Å². The molecule has 4 aromatic rings. The van der Waals surface area contributed by atoms with E-state index in [0.29, 0.717) is 51.1 Å². The number of hydrogen-bond donors (Lipinski definition) is 0. The van der Waals surface area contributed by atoms with Crippen LogP contribution in [0, 0.1) is 0 Å². The molecule has 0 amide bonds. The van der Waals surface area contributed by atoms with E-state index in [-0.39, 0.29) is 12.2 Å². The lowest BCUT2D eigenvalue weighted by molar-refractivity contribution is -0.139. The molecule has 228 valence electrons. The third-order valence-corrected chi connectivity index (χ3v) is 9.10. The molecule has 0 unspecified atom stereocenters. The first-order chi connectivity index (χ1) is 21.2. The molecule has 0 aliphatic carbocycles. The Bertz CT molecular complexity index is 1900. The number of carbonyl (C=O) groups excluding carboxylic acids is 1. The Morgan fingerprint density at radius 1 is 1.00 bits per heavy atom. The summed E-state index contributed by atoms with van der Waals surface area (Å²) >= 11 is 8.37. The van der Waals surface area contributed by atoms with E-state index in [1.165, 1.54) is 11.3 Å². The van der Waals surface area contributed by atoms with Gasteiger partial charge in [0.25, 0.3) is 5.56 Å². The molecule has 5 rings (SSSR count). The van der Waals surface area contributed by atoms with Crippen molar-refractivity contribution in [1.29, 1.82) is 0 Å². The molecule has 3 aromatic carbocycles. The Balaban J connectivity index is 1.58. The van der Waals surface area contributed by atoms with Crippen LogP contribution < -0.4 is 29.1 Å². The largest absolute Gasteiger partial charge is 0.497 e. The Morgan fingerprint density at radius 3 is 2.36 bits per heavy atom. The second-order valence-corrected chi connectivity index (χ2v) is 12.5. The normalized spacial score (nSPS) is 14.6. The molecule has 8 nitrogen and oxygen atoms in total. The van der Waals surface area contributed by atoms with Gasteiger partial charge in [0.05, 0.1) is 42.2 Å². The van der Waals surface area contributed by atoms with E-state index < -0.39 is 12.0 Å². The van der Waals surface area contributed by atoms with Gasteiger partial charge in [-0.25, -0.2) is 9.79 Å². The van der Waals surface area contributed by atoms with Crippen LogP contribution in [-0.4, -0.2) is 30.9 Å². The maximum Gasteiger partial charge on any atom is 0.338 e. The Morgan fingerprint density at radius 2 is 1.70 bits per heavy atom. The number of fused-ring (bicyclic) bond motifs is 1. The number of halogens is 2. The molecule has 2 heterocycles. The predicted molar refractivity (Wildman–Crippen MR) is 177 cm³/mol. The monoisotopic (exact) mass is 740 g/mol. The van der Waals surface area contributed by atoms with Gasteiger partial charge in [0.2, 0.25) is 0 Å². The van der Waals surface area contributed by atoms with E-state index in [9.17, 15) is 9.59 Å². The minimum Gasteiger partial charge on any atom is -0.497 e. The first-order valence-electron chi connectivity index (χ1n) is 13.9. The molecule has 0 saturated heterocycles. The molecule has 1 aliphatic rings. The van der Waals surface area contributed by atoms with Crippen molar-refractivity contribution in [3.63, 3.8) is 0 Å². The fraction of sp³-hybridized carbons (Fsp3) is 0.242. The molecule has 1 aromatic heterocycles. The number of esters is 1. The maximum absolute atomic E-state index is 14.0. The summed E-state index contributed by atoms with van der Waals surface area (Å²) in [7, 11) is 1.59. The van der Waals surface area contributed by atoms with Crippen LogP contribution in [0.15, 0.2) is 90.7 Å². The molecule has 0 spiro atoms. The molecule has 1 atom stereocenters. The number of nitrogens with zero attached hydrogens (tertiary/aromatic N) is 2. The summed E-state index contributed by atoms with van der Waals surface area (Å²) in [4.78, 5) is 32.3. The third kappa shape index (κ3) is 6.69. The summed E-state index contributed by atoms with van der Waals surface area (Å²) in [6, 6.07) is 18.2. The van der Waals surface area contributed by atoms with Crippen molar-refractivity contribution in [3.8, 4) is 17.2 Å². The van der Waals surface area contributed by atoms with Crippen molar-refractivity contribution in [2.75, 3.05) is 20.3 Å². The molecule has 0 radical (unpaired) electrons. The van der Waals surface area contributed by atoms with E-state index in [0.717, 1.165) is 25.6 Å². The Kier molecular flexibility index (Phi) is 10.1. The number of ether oxygens (including phenoxy) is 4. The van der Waals surface area contributed by atoms with Crippen LogP contribution in [-0.2, 0) is 16.1 Å². The van der Waals surface area contributed by atoms with E-state index in [2.05, 4.69) is 36.9 Å². The third-order valence-electron chi connectivity index (χ3n) is 6.91. The second-order valence-electron chi connectivity index (χ2n) is 9.74. The van der Waals surface area contributed by atoms with Crippen molar-refractivity contribution in [2.45, 2.75) is 33.4 Å². The van der Waals surface area contributed by atoms with E-state index in [1.54, 1.807) is 43.7 Å². The molecule has 0 N–H and O–H groups in total. The number of methoxy groups -OCH3 is 1. The summed E-state index contributed by atoms with van der Waals surface area (Å²) in [5.74, 6) is 1.29. The number of aromatic nitrogens is 1. The summed E-state index contributed by atoms with van der Waals surface area (Å²) < 4.78 is 26.5. The fourth-order valence-electron chi connectivity index (χ4n) is 4.82. The first-order valence-corrected chi connectivity index (χ1v) is 16.3. The minimum absolute atomic E-state index is 0.203. The predicted octanol–water partition coefficient (Wildman–Crippen LogP) is 6.31. The molecule has 0 saturated carbocycles. The van der Waals surface area contributed by atoms with Crippen LogP contribution in [0.1, 0.15) is 43.5 Å². The van der Waals surface area contributed by atoms with Crippen LogP contribution in [0.2, 0.25) is 0 Å². The van der Waals surface area contributed by atoms with E-state index in [4.69, 9.17) is 18.9 Å². The topological polar surface area (TPSA) is 88.4 Å². The van der Waals surface area contributed by atoms with Gasteiger partial charge in [0, 0.05) is 8.95 Å². The van der Waals surface area contributed by atoms with Gasteiger partial charge in [0.1, 0.15) is 12.4 Å². The van der Waals surface area contributed by atoms with Gasteiger partial charge in [-0.3, -0.25) is 9.36 Å². The summed E-state index contributed by atoms with van der Waals surface area (Å²) in [5, 5.41) is 0. The fourth-order valence-corrected chi connectivity index (χ4v) is 6.56. The lowest BCUT2D eigenvalue weighted by Gasteiger charge is -2.24. The second kappa shape index (κ2) is 14.0. The van der Waals surface area contributed by atoms with Crippen LogP contribution in [0.3, 0.4) is 0 Å². The number of allylic oxidation sites excluding steroid dienone is 1. The van der Waals surface area contributed by atoms with Crippen molar-refractivity contribution >= 4 is 55.2 Å². The number of rotatable bonds is 10. The van der Waals surface area contributed by atoms with Crippen molar-refractivity contribution < 1.29 is 23.7 Å². The maximum atomic E-state index is 14.0. The summed E-state index contributed by atoms with van der Waals surface area (Å²) in [6.45, 7) is 6.42. The van der Waals surface area contributed by atoms with Crippen molar-refractivity contribution in [3.05, 3.63) is 117 Å². The van der Waals surface area contributed by atoms with Crippen molar-refractivity contribution in [1.82, 2.24) is 4.57 Å². The van der Waals surface area contributed by atoms with Gasteiger partial charge < -0.3 is 18.9 Å². The SMILES string of the molecule is CCOC(=O)C1=C(C)N=c2s/c(=C\c3cc(OCC)c(OCc4ccc(Br)cc4)cc3Br)c(=O)n2[C@H]1c1ccc(OC)cc1. The zero-order valence-corrected chi connectivity index (χ0v) is 28.5. The molecule has 0 bridgehead atoms. The molecule has 1 aliphatic heterocycles. The highest BCUT2D eigenvalue weighted by atomic mass is 79.9. The number of hydrogen-bond acceptors (Lipinski definition) is 8. The average molecular weight is 742 g/mol. The highest BCUT2D eigenvalue weighted by molar-refractivity contribution is 9.10. The van der Waals surface area contributed by atoms with Crippen LogP contribution >= 0.6 is 43.2 Å². The number of thiazole rings is 1. The van der Waals surface area contributed by atoms with Crippen molar-refractivity contribution in [2.24, 2.45) is 4.99 Å². The molecular weight excluding hydrogens is 712 g/mol. The molecule has 0 fully saturated rings. The van der Waals surface area contributed by atoms with E-state index >= 15 is 0 Å². The lowest BCUT2D eigenvalue weighted by Crippen LogP contribution is -2.39. The zero-order chi connectivity index (χ0) is 31.4. The molecular formula is C33H30Br2N2O6S. The summed E-state index contributed by atoms with van der Waals surface area (Å²) in [5.41, 5.74) is 3.04. The van der Waals surface area contributed by atoms with Crippen LogP contribution in [0.25, 0.3) is 6.08 Å². The summed E-state index contributed by atoms with van der Waals surface area (Å²) in [6.07, 6.45) is 1.80. The van der Waals surface area contributed by atoms with Gasteiger partial charge in [0.15, 0.2) is 16.3 Å². The zero-order valence-electron chi connectivity index (χ0n) is 24.6. The van der Waals surface area contributed by atoms with Crippen LogP contribution in [0.4, 0.5) is 0 Å². The lowest BCUT2D eigenvalue weighted by atomic mass is 9.96.